The zero-order valence-electron chi connectivity index (χ0n) is 13.8. The van der Waals surface area contributed by atoms with E-state index in [2.05, 4.69) is 5.32 Å². The first-order valence-corrected chi connectivity index (χ1v) is 7.66. The molecule has 1 N–H and O–H groups in total. The van der Waals surface area contributed by atoms with Crippen LogP contribution in [0, 0.1) is 0 Å². The summed E-state index contributed by atoms with van der Waals surface area (Å²) in [4.78, 5) is 49.7. The number of anilines is 2. The molecule has 0 unspecified atom stereocenters. The van der Waals surface area contributed by atoms with Gasteiger partial charge in [-0.2, -0.15) is 0 Å². The van der Waals surface area contributed by atoms with Crippen LogP contribution in [0.4, 0.5) is 11.4 Å². The second-order valence-corrected chi connectivity index (χ2v) is 5.75. The van der Waals surface area contributed by atoms with Crippen molar-refractivity contribution in [1.29, 1.82) is 0 Å². The quantitative estimate of drug-likeness (QED) is 0.756. The molecular weight excluding hydrogens is 330 g/mol. The highest BCUT2D eigenvalue weighted by Gasteiger charge is 2.30. The maximum atomic E-state index is 12.1. The number of likely N-dealkylation sites (N-methyl/N-ethyl adjacent to an activating group) is 1. The Kier molecular flexibility index (Phi) is 4.41. The van der Waals surface area contributed by atoms with Gasteiger partial charge < -0.3 is 19.7 Å². The Bertz CT molecular complexity index is 746. The predicted octanol–water partition coefficient (Wildman–Crippen LogP) is -0.246. The molecule has 0 aromatic heterocycles. The molecule has 0 saturated carbocycles. The van der Waals surface area contributed by atoms with Gasteiger partial charge in [0.15, 0.2) is 6.10 Å². The van der Waals surface area contributed by atoms with Gasteiger partial charge in [0.1, 0.15) is 25.5 Å². The number of hydrogen-bond donors (Lipinski definition) is 1. The van der Waals surface area contributed by atoms with Gasteiger partial charge in [0.05, 0.1) is 5.69 Å². The molecule has 1 aromatic rings. The normalized spacial score (nSPS) is 20.2. The summed E-state index contributed by atoms with van der Waals surface area (Å²) in [6.45, 7) is 0.828. The fraction of sp³-hybridized carbons (Fsp3) is 0.375. The van der Waals surface area contributed by atoms with E-state index in [0.29, 0.717) is 17.1 Å². The Morgan fingerprint density at radius 3 is 2.60 bits per heavy atom. The van der Waals surface area contributed by atoms with E-state index >= 15 is 0 Å². The van der Waals surface area contributed by atoms with Gasteiger partial charge in [-0.25, -0.2) is 0 Å². The van der Waals surface area contributed by atoms with Crippen molar-refractivity contribution >= 4 is 35.0 Å². The smallest absolute Gasteiger partial charge is 0.267 e. The molecule has 132 valence electrons. The number of imide groups is 1. The molecule has 9 nitrogen and oxygen atoms in total. The number of carbonyl (C=O) groups is 4. The van der Waals surface area contributed by atoms with Crippen molar-refractivity contribution in [3.05, 3.63) is 18.2 Å². The molecule has 0 spiro atoms. The van der Waals surface area contributed by atoms with Crippen LogP contribution in [0.1, 0.15) is 6.92 Å². The van der Waals surface area contributed by atoms with E-state index in [1.54, 1.807) is 32.2 Å². The van der Waals surface area contributed by atoms with Gasteiger partial charge in [0.25, 0.3) is 17.7 Å². The van der Waals surface area contributed by atoms with Crippen molar-refractivity contribution in [3.8, 4) is 5.75 Å². The molecule has 0 aliphatic carbocycles. The monoisotopic (exact) mass is 347 g/mol. The van der Waals surface area contributed by atoms with Crippen molar-refractivity contribution in [2.24, 2.45) is 0 Å². The van der Waals surface area contributed by atoms with E-state index < -0.39 is 23.8 Å². The molecule has 1 saturated heterocycles. The highest BCUT2D eigenvalue weighted by Crippen LogP contribution is 2.35. The van der Waals surface area contributed by atoms with E-state index in [1.807, 2.05) is 0 Å². The van der Waals surface area contributed by atoms with Crippen molar-refractivity contribution in [1.82, 2.24) is 4.90 Å². The predicted molar refractivity (Wildman–Crippen MR) is 86.1 cm³/mol. The van der Waals surface area contributed by atoms with Crippen LogP contribution in [0.25, 0.3) is 0 Å². The summed E-state index contributed by atoms with van der Waals surface area (Å²) in [5.74, 6) is -1.29. The third-order valence-electron chi connectivity index (χ3n) is 3.94. The number of benzene rings is 1. The van der Waals surface area contributed by atoms with Gasteiger partial charge in [-0.3, -0.25) is 24.1 Å². The number of rotatable bonds is 3. The van der Waals surface area contributed by atoms with Crippen LogP contribution in [0.15, 0.2) is 18.2 Å². The van der Waals surface area contributed by atoms with Crippen molar-refractivity contribution in [2.45, 2.75) is 13.0 Å². The minimum atomic E-state index is -0.573. The standard InChI is InChI=1S/C16H17N3O6/c1-9-16(23)18(2)11-5-10(3-4-12(11)25-9)17-13(20)6-19-14(21)7-24-8-15(19)22/h3-5,9H,6-8H2,1-2H3,(H,17,20)/t9-/m1/s1. The molecule has 0 radical (unpaired) electrons. The lowest BCUT2D eigenvalue weighted by Gasteiger charge is -2.30. The van der Waals surface area contributed by atoms with Crippen molar-refractivity contribution < 1.29 is 28.7 Å². The highest BCUT2D eigenvalue weighted by molar-refractivity contribution is 6.04. The molecule has 0 bridgehead atoms. The molecule has 3 rings (SSSR count). The fourth-order valence-electron chi connectivity index (χ4n) is 2.63. The van der Waals surface area contributed by atoms with Crippen LogP contribution in [0.3, 0.4) is 0 Å². The zero-order valence-corrected chi connectivity index (χ0v) is 13.8. The summed E-state index contributed by atoms with van der Waals surface area (Å²) in [7, 11) is 1.62. The SMILES string of the molecule is C[C@H]1Oc2ccc(NC(=O)CN3C(=O)COCC3=O)cc2N(C)C1=O. The van der Waals surface area contributed by atoms with Gasteiger partial charge in [-0.15, -0.1) is 0 Å². The van der Waals surface area contributed by atoms with Gasteiger partial charge in [-0.05, 0) is 25.1 Å². The molecule has 2 heterocycles. The van der Waals surface area contributed by atoms with E-state index in [-0.39, 0.29) is 25.7 Å². The van der Waals surface area contributed by atoms with Gasteiger partial charge in [0.2, 0.25) is 5.91 Å². The highest BCUT2D eigenvalue weighted by atomic mass is 16.5. The van der Waals surface area contributed by atoms with Crippen LogP contribution < -0.4 is 15.0 Å². The second kappa shape index (κ2) is 6.52. The van der Waals surface area contributed by atoms with E-state index in [0.717, 1.165) is 4.90 Å². The van der Waals surface area contributed by atoms with Crippen LogP contribution in [0.5, 0.6) is 5.75 Å². The first-order valence-electron chi connectivity index (χ1n) is 7.66. The number of ether oxygens (including phenoxy) is 2. The van der Waals surface area contributed by atoms with Crippen LogP contribution in [0.2, 0.25) is 0 Å². The van der Waals surface area contributed by atoms with Crippen LogP contribution in [-0.2, 0) is 23.9 Å². The van der Waals surface area contributed by atoms with Gasteiger partial charge in [-0.1, -0.05) is 0 Å². The van der Waals surface area contributed by atoms with Crippen LogP contribution in [-0.4, -0.2) is 61.4 Å². The maximum absolute atomic E-state index is 12.1. The summed E-state index contributed by atoms with van der Waals surface area (Å²) >= 11 is 0. The summed E-state index contributed by atoms with van der Waals surface area (Å²) in [5, 5.41) is 2.61. The van der Waals surface area contributed by atoms with Crippen molar-refractivity contribution in [3.63, 3.8) is 0 Å². The van der Waals surface area contributed by atoms with E-state index in [1.165, 1.54) is 4.90 Å². The average molecular weight is 347 g/mol. The number of nitrogens with one attached hydrogen (secondary N) is 1. The maximum Gasteiger partial charge on any atom is 0.267 e. The number of carbonyl (C=O) groups excluding carboxylic acids is 4. The van der Waals surface area contributed by atoms with E-state index in [4.69, 9.17) is 9.47 Å². The molecule has 9 heteroatoms. The molecule has 1 fully saturated rings. The second-order valence-electron chi connectivity index (χ2n) is 5.75. The lowest BCUT2D eigenvalue weighted by Crippen LogP contribution is -2.49. The molecule has 2 aliphatic rings. The van der Waals surface area contributed by atoms with Crippen molar-refractivity contribution in [2.75, 3.05) is 37.0 Å². The zero-order chi connectivity index (χ0) is 18.1. The Balaban J connectivity index is 1.71. The molecular formula is C16H17N3O6. The van der Waals surface area contributed by atoms with Gasteiger partial charge >= 0.3 is 0 Å². The third-order valence-corrected chi connectivity index (χ3v) is 3.94. The van der Waals surface area contributed by atoms with Gasteiger partial charge in [0, 0.05) is 12.7 Å². The van der Waals surface area contributed by atoms with E-state index in [9.17, 15) is 19.2 Å². The third kappa shape index (κ3) is 3.31. The molecule has 1 atom stereocenters. The molecule has 1 aromatic carbocycles. The first kappa shape index (κ1) is 16.9. The minimum absolute atomic E-state index is 0.194. The Labute approximate surface area is 143 Å². The number of fused-ring (bicyclic) bond motifs is 1. The Morgan fingerprint density at radius 2 is 1.92 bits per heavy atom. The summed E-state index contributed by atoms with van der Waals surface area (Å²) in [6, 6.07) is 4.87. The molecule has 25 heavy (non-hydrogen) atoms. The number of hydrogen-bond acceptors (Lipinski definition) is 6. The lowest BCUT2D eigenvalue weighted by atomic mass is 10.2. The molecule has 2 aliphatic heterocycles. The number of morpholine rings is 1. The Hall–Kier alpha value is -2.94. The fourth-order valence-corrected chi connectivity index (χ4v) is 2.63. The summed E-state index contributed by atoms with van der Waals surface area (Å²) in [6.07, 6.45) is -0.573. The minimum Gasteiger partial charge on any atom is -0.479 e. The van der Waals surface area contributed by atoms with Crippen LogP contribution >= 0.6 is 0 Å². The summed E-state index contributed by atoms with van der Waals surface area (Å²) in [5.41, 5.74) is 0.953. The lowest BCUT2D eigenvalue weighted by molar-refractivity contribution is -0.159. The Morgan fingerprint density at radius 1 is 1.24 bits per heavy atom. The number of amides is 4. The average Bonchev–Trinajstić information content (AvgIpc) is 2.57. The number of nitrogens with zero attached hydrogens (tertiary/aromatic N) is 2. The largest absolute Gasteiger partial charge is 0.479 e. The summed E-state index contributed by atoms with van der Waals surface area (Å²) < 4.78 is 10.3. The molecule has 4 amide bonds. The topological polar surface area (TPSA) is 105 Å². The first-order chi connectivity index (χ1) is 11.9.